The number of rotatable bonds is 7. The van der Waals surface area contributed by atoms with Crippen LogP contribution in [0.5, 0.6) is 0 Å². The van der Waals surface area contributed by atoms with E-state index in [1.807, 2.05) is 0 Å². The molecule has 0 rings (SSSR count). The fraction of sp³-hybridized carbons (Fsp3) is 0.667. The van der Waals surface area contributed by atoms with Crippen molar-refractivity contribution in [2.75, 3.05) is 13.2 Å². The highest BCUT2D eigenvalue weighted by molar-refractivity contribution is 5.81. The summed E-state index contributed by atoms with van der Waals surface area (Å²) >= 11 is 0. The minimum atomic E-state index is -1.03. The Morgan fingerprint density at radius 1 is 1.57 bits per heavy atom. The molecule has 0 aromatic rings. The fourth-order valence-electron chi connectivity index (χ4n) is 0.653. The standard InChI is InChI=1S/C9H16O5/c1-3-8(11)13-5-4-9(12)14-6-7(2)10/h3,7,9-10,12H,1,4-6H2,2H3. The normalized spacial score (nSPS) is 14.5. The van der Waals surface area contributed by atoms with Gasteiger partial charge in [0.15, 0.2) is 6.29 Å². The van der Waals surface area contributed by atoms with Gasteiger partial charge in [0.05, 0.1) is 19.3 Å². The van der Waals surface area contributed by atoms with E-state index in [1.165, 1.54) is 0 Å². The maximum atomic E-state index is 10.6. The van der Waals surface area contributed by atoms with E-state index < -0.39 is 18.4 Å². The second kappa shape index (κ2) is 7.49. The van der Waals surface area contributed by atoms with Gasteiger partial charge in [-0.1, -0.05) is 6.58 Å². The van der Waals surface area contributed by atoms with Crippen molar-refractivity contribution in [2.24, 2.45) is 0 Å². The molecule has 2 atom stereocenters. The molecule has 0 aromatic heterocycles. The first-order valence-electron chi connectivity index (χ1n) is 4.33. The van der Waals surface area contributed by atoms with E-state index in [0.717, 1.165) is 6.08 Å². The zero-order valence-corrected chi connectivity index (χ0v) is 8.18. The molecule has 82 valence electrons. The van der Waals surface area contributed by atoms with Crippen molar-refractivity contribution in [1.82, 2.24) is 0 Å². The largest absolute Gasteiger partial charge is 0.462 e. The molecule has 0 radical (unpaired) electrons. The summed E-state index contributed by atoms with van der Waals surface area (Å²) in [5.74, 6) is -0.535. The first-order chi connectivity index (χ1) is 6.56. The molecule has 0 fully saturated rings. The summed E-state index contributed by atoms with van der Waals surface area (Å²) in [5.41, 5.74) is 0. The smallest absolute Gasteiger partial charge is 0.330 e. The lowest BCUT2D eigenvalue weighted by Gasteiger charge is -2.12. The number of aliphatic hydroxyl groups excluding tert-OH is 2. The van der Waals surface area contributed by atoms with Crippen LogP contribution in [0.25, 0.3) is 0 Å². The molecule has 5 nitrogen and oxygen atoms in total. The van der Waals surface area contributed by atoms with Crippen LogP contribution in [0, 0.1) is 0 Å². The van der Waals surface area contributed by atoms with Gasteiger partial charge in [-0.05, 0) is 6.92 Å². The molecule has 0 aliphatic rings. The third-order valence-electron chi connectivity index (χ3n) is 1.31. The minimum Gasteiger partial charge on any atom is -0.462 e. The van der Waals surface area contributed by atoms with E-state index in [-0.39, 0.29) is 19.6 Å². The van der Waals surface area contributed by atoms with E-state index >= 15 is 0 Å². The number of ether oxygens (including phenoxy) is 2. The molecule has 0 aliphatic heterocycles. The van der Waals surface area contributed by atoms with Gasteiger partial charge in [0.2, 0.25) is 0 Å². The maximum Gasteiger partial charge on any atom is 0.330 e. The molecule has 14 heavy (non-hydrogen) atoms. The van der Waals surface area contributed by atoms with Gasteiger partial charge < -0.3 is 19.7 Å². The lowest BCUT2D eigenvalue weighted by Crippen LogP contribution is -2.21. The van der Waals surface area contributed by atoms with E-state index in [1.54, 1.807) is 6.92 Å². The molecule has 0 aromatic carbocycles. The van der Waals surface area contributed by atoms with Crippen LogP contribution in [0.2, 0.25) is 0 Å². The summed E-state index contributed by atoms with van der Waals surface area (Å²) in [6.07, 6.45) is -0.433. The highest BCUT2D eigenvalue weighted by Gasteiger charge is 2.06. The number of carbonyl (C=O) groups is 1. The van der Waals surface area contributed by atoms with Gasteiger partial charge in [0.1, 0.15) is 0 Å². The van der Waals surface area contributed by atoms with E-state index in [0.29, 0.717) is 0 Å². The Labute approximate surface area is 82.9 Å². The van der Waals surface area contributed by atoms with Gasteiger partial charge in [0, 0.05) is 12.5 Å². The summed E-state index contributed by atoms with van der Waals surface area (Å²) in [6, 6.07) is 0. The quantitative estimate of drug-likeness (QED) is 0.342. The summed E-state index contributed by atoms with van der Waals surface area (Å²) < 4.78 is 9.42. The molecule has 2 unspecified atom stereocenters. The Morgan fingerprint density at radius 2 is 2.21 bits per heavy atom. The first-order valence-corrected chi connectivity index (χ1v) is 4.33. The summed E-state index contributed by atoms with van der Waals surface area (Å²) in [6.45, 7) is 4.88. The Balaban J connectivity index is 3.39. The molecule has 0 heterocycles. The molecule has 0 amide bonds. The summed E-state index contributed by atoms with van der Waals surface area (Å²) in [5, 5.41) is 18.0. The molecule has 0 aliphatic carbocycles. The van der Waals surface area contributed by atoms with Crippen molar-refractivity contribution in [3.8, 4) is 0 Å². The van der Waals surface area contributed by atoms with Crippen LogP contribution in [0.15, 0.2) is 12.7 Å². The van der Waals surface area contributed by atoms with Crippen LogP contribution < -0.4 is 0 Å². The summed E-state index contributed by atoms with van der Waals surface area (Å²) in [7, 11) is 0. The van der Waals surface area contributed by atoms with Crippen LogP contribution in [0.3, 0.4) is 0 Å². The molecule has 2 N–H and O–H groups in total. The predicted molar refractivity (Wildman–Crippen MR) is 49.4 cm³/mol. The van der Waals surface area contributed by atoms with Gasteiger partial charge in [0.25, 0.3) is 0 Å². The molecule has 5 heteroatoms. The van der Waals surface area contributed by atoms with Crippen molar-refractivity contribution < 1.29 is 24.5 Å². The average Bonchev–Trinajstić information content (AvgIpc) is 2.14. The van der Waals surface area contributed by atoms with Crippen LogP contribution in [-0.2, 0) is 14.3 Å². The molecular weight excluding hydrogens is 188 g/mol. The highest BCUT2D eigenvalue weighted by Crippen LogP contribution is 1.96. The maximum absolute atomic E-state index is 10.6. The van der Waals surface area contributed by atoms with Crippen molar-refractivity contribution in [2.45, 2.75) is 25.7 Å². The molecule has 0 saturated heterocycles. The van der Waals surface area contributed by atoms with Gasteiger partial charge in [-0.3, -0.25) is 0 Å². The van der Waals surface area contributed by atoms with Crippen LogP contribution in [0.1, 0.15) is 13.3 Å². The SMILES string of the molecule is C=CC(=O)OCCC(O)OCC(C)O. The monoisotopic (exact) mass is 204 g/mol. The number of hydrogen-bond acceptors (Lipinski definition) is 5. The third-order valence-corrected chi connectivity index (χ3v) is 1.31. The zero-order chi connectivity index (χ0) is 11.0. The Hall–Kier alpha value is -0.910. The minimum absolute atomic E-state index is 0.0522. The predicted octanol–water partition coefficient (Wildman–Crippen LogP) is -0.179. The topological polar surface area (TPSA) is 76.0 Å². The number of esters is 1. The Kier molecular flexibility index (Phi) is 7.00. The van der Waals surface area contributed by atoms with Gasteiger partial charge in [-0.2, -0.15) is 0 Å². The molecule has 0 saturated carbocycles. The van der Waals surface area contributed by atoms with Gasteiger partial charge in [-0.25, -0.2) is 4.79 Å². The lowest BCUT2D eigenvalue weighted by molar-refractivity contribution is -0.147. The fourth-order valence-corrected chi connectivity index (χ4v) is 0.653. The summed E-state index contributed by atoms with van der Waals surface area (Å²) in [4.78, 5) is 10.6. The van der Waals surface area contributed by atoms with Crippen LogP contribution >= 0.6 is 0 Å². The molecule has 0 spiro atoms. The van der Waals surface area contributed by atoms with E-state index in [9.17, 15) is 4.79 Å². The van der Waals surface area contributed by atoms with Crippen molar-refractivity contribution in [3.05, 3.63) is 12.7 Å². The highest BCUT2D eigenvalue weighted by atomic mass is 16.6. The first kappa shape index (κ1) is 13.1. The van der Waals surface area contributed by atoms with Crippen LogP contribution in [-0.4, -0.2) is 41.8 Å². The van der Waals surface area contributed by atoms with Gasteiger partial charge in [-0.15, -0.1) is 0 Å². The number of aliphatic hydroxyl groups is 2. The number of hydrogen-bond donors (Lipinski definition) is 2. The Morgan fingerprint density at radius 3 is 2.71 bits per heavy atom. The van der Waals surface area contributed by atoms with E-state index in [4.69, 9.17) is 14.9 Å². The van der Waals surface area contributed by atoms with E-state index in [2.05, 4.69) is 11.3 Å². The zero-order valence-electron chi connectivity index (χ0n) is 8.18. The Bertz CT molecular complexity index is 178. The van der Waals surface area contributed by atoms with Crippen LogP contribution in [0.4, 0.5) is 0 Å². The second-order valence-electron chi connectivity index (χ2n) is 2.80. The molecule has 0 bridgehead atoms. The average molecular weight is 204 g/mol. The second-order valence-corrected chi connectivity index (χ2v) is 2.80. The molecular formula is C9H16O5. The van der Waals surface area contributed by atoms with Crippen molar-refractivity contribution in [1.29, 1.82) is 0 Å². The van der Waals surface area contributed by atoms with Gasteiger partial charge >= 0.3 is 5.97 Å². The van der Waals surface area contributed by atoms with Crippen molar-refractivity contribution >= 4 is 5.97 Å². The number of carbonyl (C=O) groups excluding carboxylic acids is 1. The lowest BCUT2D eigenvalue weighted by atomic mass is 10.4. The van der Waals surface area contributed by atoms with Crippen molar-refractivity contribution in [3.63, 3.8) is 0 Å². The third kappa shape index (κ3) is 7.72.